The number of anilines is 2. The van der Waals surface area contributed by atoms with Crippen LogP contribution in [0.1, 0.15) is 36.8 Å². The molecule has 2 aliphatic rings. The van der Waals surface area contributed by atoms with Gasteiger partial charge in [-0.1, -0.05) is 0 Å². The Morgan fingerprint density at radius 3 is 2.45 bits per heavy atom. The summed E-state index contributed by atoms with van der Waals surface area (Å²) in [5.41, 5.74) is -0.528. The Bertz CT molecular complexity index is 1030. The van der Waals surface area contributed by atoms with Crippen molar-refractivity contribution < 1.29 is 18.0 Å². The molecule has 1 atom stereocenters. The van der Waals surface area contributed by atoms with Crippen molar-refractivity contribution in [3.8, 4) is 0 Å². The highest BCUT2D eigenvalue weighted by Crippen LogP contribution is 2.29. The minimum atomic E-state index is -4.47. The maximum Gasteiger partial charge on any atom is 0.419 e. The molecule has 0 radical (unpaired) electrons. The van der Waals surface area contributed by atoms with E-state index in [1.54, 1.807) is 22.8 Å². The molecule has 0 spiro atoms. The summed E-state index contributed by atoms with van der Waals surface area (Å²) in [5.74, 6) is 0.933. The number of carbonyl (C=O) groups excluding carboxylic acids is 1. The monoisotopic (exact) mass is 465 g/mol. The largest absolute Gasteiger partial charge is 0.419 e. The van der Waals surface area contributed by atoms with Gasteiger partial charge in [-0.05, 0) is 32.3 Å². The Morgan fingerprint density at radius 2 is 1.82 bits per heavy atom. The number of halogens is 3. The molecule has 0 unspecified atom stereocenters. The quantitative estimate of drug-likeness (QED) is 0.737. The maximum absolute atomic E-state index is 13.0. The molecule has 2 fully saturated rings. The molecule has 2 aliphatic heterocycles. The summed E-state index contributed by atoms with van der Waals surface area (Å²) in [5, 5.41) is 6.68. The fourth-order valence-corrected chi connectivity index (χ4v) is 4.27. The zero-order valence-corrected chi connectivity index (χ0v) is 18.3. The number of piperazine rings is 1. The number of carbonyl (C=O) groups is 1. The molecular formula is C21H26F3N7O2. The summed E-state index contributed by atoms with van der Waals surface area (Å²) in [4.78, 5) is 38.0. The Labute approximate surface area is 188 Å². The van der Waals surface area contributed by atoms with E-state index in [2.05, 4.69) is 25.1 Å². The molecule has 12 heteroatoms. The van der Waals surface area contributed by atoms with Crippen LogP contribution in [0.4, 0.5) is 24.9 Å². The molecule has 33 heavy (non-hydrogen) atoms. The highest BCUT2D eigenvalue weighted by atomic mass is 19.4. The van der Waals surface area contributed by atoms with Crippen molar-refractivity contribution >= 4 is 17.7 Å². The van der Waals surface area contributed by atoms with Crippen LogP contribution >= 0.6 is 0 Å². The summed E-state index contributed by atoms with van der Waals surface area (Å²) in [6.45, 7) is 4.31. The summed E-state index contributed by atoms with van der Waals surface area (Å²) in [7, 11) is 0. The Balaban J connectivity index is 1.35. The standard InChI is InChI=1S/C21H26F3N7O2/c1-14-10-17(27-28-19(14)33)31-5-3-2-4-16(31)11-18(32)29-6-8-30(9-7-29)20-25-12-15(13-26-20)21(22,23)24/h10,12-13,16H,2-9,11H2,1H3,(H,28,33)/t16-/m0/s1. The van der Waals surface area contributed by atoms with Crippen molar-refractivity contribution in [2.75, 3.05) is 42.5 Å². The second kappa shape index (κ2) is 9.36. The number of aromatic nitrogens is 4. The number of hydrogen-bond acceptors (Lipinski definition) is 7. The molecule has 1 amide bonds. The molecule has 0 bridgehead atoms. The van der Waals surface area contributed by atoms with E-state index in [9.17, 15) is 22.8 Å². The second-order valence-corrected chi connectivity index (χ2v) is 8.42. The summed E-state index contributed by atoms with van der Waals surface area (Å²) >= 11 is 0. The van der Waals surface area contributed by atoms with E-state index >= 15 is 0 Å². The first-order valence-corrected chi connectivity index (χ1v) is 11.0. The fourth-order valence-electron chi connectivity index (χ4n) is 4.27. The molecule has 4 heterocycles. The number of aromatic amines is 1. The van der Waals surface area contributed by atoms with Gasteiger partial charge in [-0.3, -0.25) is 9.59 Å². The van der Waals surface area contributed by atoms with E-state index in [4.69, 9.17) is 0 Å². The van der Waals surface area contributed by atoms with Crippen molar-refractivity contribution in [2.45, 2.75) is 44.8 Å². The molecule has 9 nitrogen and oxygen atoms in total. The molecule has 0 aliphatic carbocycles. The minimum Gasteiger partial charge on any atom is -0.352 e. The molecule has 2 aromatic heterocycles. The first-order chi connectivity index (χ1) is 15.7. The number of aryl methyl sites for hydroxylation is 1. The third-order valence-electron chi connectivity index (χ3n) is 6.19. The van der Waals surface area contributed by atoms with Crippen LogP contribution < -0.4 is 15.4 Å². The number of nitrogens with zero attached hydrogens (tertiary/aromatic N) is 6. The van der Waals surface area contributed by atoms with Crippen LogP contribution in [0.25, 0.3) is 0 Å². The molecule has 0 aromatic carbocycles. The Morgan fingerprint density at radius 1 is 1.12 bits per heavy atom. The summed E-state index contributed by atoms with van der Waals surface area (Å²) < 4.78 is 38.1. The van der Waals surface area contributed by atoms with E-state index in [0.29, 0.717) is 44.0 Å². The van der Waals surface area contributed by atoms with Crippen molar-refractivity contribution in [3.63, 3.8) is 0 Å². The lowest BCUT2D eigenvalue weighted by Crippen LogP contribution is -2.51. The second-order valence-electron chi connectivity index (χ2n) is 8.42. The van der Waals surface area contributed by atoms with Crippen LogP contribution in [0.5, 0.6) is 0 Å². The van der Waals surface area contributed by atoms with E-state index in [0.717, 1.165) is 38.2 Å². The smallest absolute Gasteiger partial charge is 0.352 e. The lowest BCUT2D eigenvalue weighted by molar-refractivity contribution is -0.138. The third-order valence-corrected chi connectivity index (χ3v) is 6.19. The van der Waals surface area contributed by atoms with E-state index in [-0.39, 0.29) is 23.5 Å². The van der Waals surface area contributed by atoms with Gasteiger partial charge < -0.3 is 14.7 Å². The molecule has 2 aromatic rings. The molecule has 1 N–H and O–H groups in total. The first-order valence-electron chi connectivity index (χ1n) is 11.0. The topological polar surface area (TPSA) is 98.3 Å². The number of alkyl halides is 3. The lowest BCUT2D eigenvalue weighted by Gasteiger charge is -2.39. The van der Waals surface area contributed by atoms with Crippen LogP contribution in [-0.2, 0) is 11.0 Å². The van der Waals surface area contributed by atoms with Gasteiger partial charge in [0.1, 0.15) is 5.82 Å². The van der Waals surface area contributed by atoms with E-state index in [1.807, 2.05) is 0 Å². The van der Waals surface area contributed by atoms with Gasteiger partial charge in [0.2, 0.25) is 11.9 Å². The maximum atomic E-state index is 13.0. The Hall–Kier alpha value is -3.18. The fraction of sp³-hybridized carbons (Fsp3) is 0.571. The van der Waals surface area contributed by atoms with Gasteiger partial charge in [-0.15, -0.1) is 0 Å². The highest BCUT2D eigenvalue weighted by Gasteiger charge is 2.32. The van der Waals surface area contributed by atoms with Gasteiger partial charge in [0.05, 0.1) is 5.56 Å². The number of H-pyrrole nitrogens is 1. The van der Waals surface area contributed by atoms with Crippen LogP contribution in [-0.4, -0.2) is 69.7 Å². The van der Waals surface area contributed by atoms with Crippen molar-refractivity contribution in [1.29, 1.82) is 0 Å². The molecule has 178 valence electrons. The van der Waals surface area contributed by atoms with Crippen molar-refractivity contribution in [2.24, 2.45) is 0 Å². The van der Waals surface area contributed by atoms with Crippen LogP contribution in [0.15, 0.2) is 23.3 Å². The van der Waals surface area contributed by atoms with Crippen molar-refractivity contribution in [3.05, 3.63) is 39.9 Å². The van der Waals surface area contributed by atoms with E-state index in [1.165, 1.54) is 0 Å². The van der Waals surface area contributed by atoms with Gasteiger partial charge in [0.25, 0.3) is 5.56 Å². The van der Waals surface area contributed by atoms with Gasteiger partial charge in [0.15, 0.2) is 0 Å². The highest BCUT2D eigenvalue weighted by molar-refractivity contribution is 5.77. The SMILES string of the molecule is Cc1cc(N2CCCC[C@H]2CC(=O)N2CCN(c3ncc(C(F)(F)F)cn3)CC2)n[nH]c1=O. The summed E-state index contributed by atoms with van der Waals surface area (Å²) in [6, 6.07) is 1.75. The van der Waals surface area contributed by atoms with E-state index < -0.39 is 11.7 Å². The number of rotatable bonds is 4. The summed E-state index contributed by atoms with van der Waals surface area (Å²) in [6.07, 6.45) is 0.321. The van der Waals surface area contributed by atoms with Gasteiger partial charge in [-0.25, -0.2) is 15.1 Å². The van der Waals surface area contributed by atoms with Gasteiger partial charge in [0, 0.05) is 63.1 Å². The zero-order chi connectivity index (χ0) is 23.6. The lowest BCUT2D eigenvalue weighted by atomic mass is 9.98. The number of nitrogens with one attached hydrogen (secondary N) is 1. The van der Waals surface area contributed by atoms with Gasteiger partial charge >= 0.3 is 6.18 Å². The predicted molar refractivity (Wildman–Crippen MR) is 115 cm³/mol. The minimum absolute atomic E-state index is 0.000304. The van der Waals surface area contributed by atoms with Crippen LogP contribution in [0.3, 0.4) is 0 Å². The van der Waals surface area contributed by atoms with Crippen molar-refractivity contribution in [1.82, 2.24) is 25.1 Å². The average molecular weight is 465 g/mol. The number of hydrogen-bond donors (Lipinski definition) is 1. The van der Waals surface area contributed by atoms with Crippen LogP contribution in [0.2, 0.25) is 0 Å². The molecule has 0 saturated carbocycles. The average Bonchev–Trinajstić information content (AvgIpc) is 2.81. The first kappa shape index (κ1) is 23.0. The predicted octanol–water partition coefficient (Wildman–Crippen LogP) is 1.98. The normalized spacial score (nSPS) is 19.6. The molecule has 4 rings (SSSR count). The Kier molecular flexibility index (Phi) is 6.52. The zero-order valence-electron chi connectivity index (χ0n) is 18.3. The van der Waals surface area contributed by atoms with Crippen LogP contribution in [0, 0.1) is 6.92 Å². The van der Waals surface area contributed by atoms with Gasteiger partial charge in [-0.2, -0.15) is 18.3 Å². The third kappa shape index (κ3) is 5.25. The molecular weight excluding hydrogens is 439 g/mol. The number of amides is 1. The molecule has 2 saturated heterocycles. The number of piperidine rings is 1.